The maximum Gasteiger partial charge on any atom is 0.278 e. The van der Waals surface area contributed by atoms with E-state index in [0.29, 0.717) is 39.3 Å². The van der Waals surface area contributed by atoms with Crippen molar-refractivity contribution in [2.24, 2.45) is 7.05 Å². The van der Waals surface area contributed by atoms with Crippen LogP contribution in [0.4, 0.5) is 5.95 Å². The van der Waals surface area contributed by atoms with E-state index in [9.17, 15) is 4.79 Å². The molecule has 0 fully saturated rings. The second kappa shape index (κ2) is 5.34. The lowest BCUT2D eigenvalue weighted by atomic mass is 10.3. The summed E-state index contributed by atoms with van der Waals surface area (Å²) in [5.74, 6) is 0.341. The van der Waals surface area contributed by atoms with Gasteiger partial charge in [-0.2, -0.15) is 5.10 Å². The predicted octanol–water partition coefficient (Wildman–Crippen LogP) is 1.97. The Morgan fingerprint density at radius 3 is 2.90 bits per heavy atom. The molecule has 0 amide bonds. The first-order valence-corrected chi connectivity index (χ1v) is 6.76. The molecule has 0 aliphatic carbocycles. The standard InChI is InChI=1S/C12H10Cl2N6O/c1-20-10-9(5-17-20)18-12(19-11(10)21)16-3-6-2-7(13)8(14)4-15-6/h2,4-5H,3H2,1H3,(H2,16,18,19,21). The molecule has 0 bridgehead atoms. The molecule has 2 N–H and O–H groups in total. The summed E-state index contributed by atoms with van der Waals surface area (Å²) < 4.78 is 1.48. The number of hydrogen-bond acceptors (Lipinski definition) is 5. The fourth-order valence-corrected chi connectivity index (χ4v) is 2.17. The minimum atomic E-state index is -0.260. The third-order valence-electron chi connectivity index (χ3n) is 2.90. The van der Waals surface area contributed by atoms with Gasteiger partial charge in [0.2, 0.25) is 5.95 Å². The summed E-state index contributed by atoms with van der Waals surface area (Å²) in [6, 6.07) is 1.65. The second-order valence-corrected chi connectivity index (χ2v) is 5.17. The fourth-order valence-electron chi connectivity index (χ4n) is 1.89. The van der Waals surface area contributed by atoms with Gasteiger partial charge in [-0.3, -0.25) is 19.4 Å². The van der Waals surface area contributed by atoms with Crippen LogP contribution in [0.15, 0.2) is 23.3 Å². The molecule has 0 aliphatic heterocycles. The Balaban J connectivity index is 1.85. The molecule has 3 aromatic rings. The molecular weight excluding hydrogens is 315 g/mol. The van der Waals surface area contributed by atoms with E-state index in [1.807, 2.05) is 0 Å². The molecule has 7 nitrogen and oxygen atoms in total. The number of nitrogens with one attached hydrogen (secondary N) is 2. The molecule has 0 radical (unpaired) electrons. The highest BCUT2D eigenvalue weighted by Crippen LogP contribution is 2.21. The Bertz CT molecular complexity index is 872. The molecule has 3 aromatic heterocycles. The predicted molar refractivity (Wildman–Crippen MR) is 80.7 cm³/mol. The number of rotatable bonds is 3. The third kappa shape index (κ3) is 2.70. The van der Waals surface area contributed by atoms with Crippen LogP contribution in [0, 0.1) is 0 Å². The van der Waals surface area contributed by atoms with Crippen LogP contribution >= 0.6 is 23.2 Å². The van der Waals surface area contributed by atoms with Gasteiger partial charge in [0, 0.05) is 13.2 Å². The van der Waals surface area contributed by atoms with Gasteiger partial charge in [0.25, 0.3) is 5.56 Å². The van der Waals surface area contributed by atoms with Gasteiger partial charge in [-0.05, 0) is 6.07 Å². The molecule has 3 rings (SSSR count). The molecule has 21 heavy (non-hydrogen) atoms. The molecule has 0 atom stereocenters. The van der Waals surface area contributed by atoms with E-state index in [4.69, 9.17) is 23.2 Å². The number of hydrogen-bond donors (Lipinski definition) is 2. The van der Waals surface area contributed by atoms with Crippen molar-refractivity contribution in [3.05, 3.63) is 44.6 Å². The highest BCUT2D eigenvalue weighted by molar-refractivity contribution is 6.41. The third-order valence-corrected chi connectivity index (χ3v) is 3.61. The Hall–Kier alpha value is -2.12. The number of anilines is 1. The average Bonchev–Trinajstić information content (AvgIpc) is 2.82. The first kappa shape index (κ1) is 13.8. The molecule has 0 saturated carbocycles. The molecule has 0 aromatic carbocycles. The van der Waals surface area contributed by atoms with Gasteiger partial charge < -0.3 is 5.32 Å². The van der Waals surface area contributed by atoms with Crippen LogP contribution in [0.25, 0.3) is 11.0 Å². The van der Waals surface area contributed by atoms with Crippen LogP contribution in [-0.2, 0) is 13.6 Å². The quantitative estimate of drug-likeness (QED) is 0.769. The maximum absolute atomic E-state index is 11.9. The SMILES string of the molecule is Cn1ncc2nc(NCc3cc(Cl)c(Cl)cn3)[nH]c(=O)c21. The zero-order chi connectivity index (χ0) is 15.0. The number of aromatic amines is 1. The molecular formula is C12H10Cl2N6O. The lowest BCUT2D eigenvalue weighted by molar-refractivity contribution is 0.792. The van der Waals surface area contributed by atoms with Crippen molar-refractivity contribution in [1.82, 2.24) is 24.7 Å². The summed E-state index contributed by atoms with van der Waals surface area (Å²) in [5, 5.41) is 7.80. The fraction of sp³-hybridized carbons (Fsp3) is 0.167. The number of halogens is 2. The number of nitrogens with zero attached hydrogens (tertiary/aromatic N) is 4. The van der Waals surface area contributed by atoms with Crippen molar-refractivity contribution in [2.75, 3.05) is 5.32 Å². The first-order valence-electron chi connectivity index (χ1n) is 6.00. The summed E-state index contributed by atoms with van der Waals surface area (Å²) in [7, 11) is 1.69. The maximum atomic E-state index is 11.9. The normalized spacial score (nSPS) is 11.0. The Morgan fingerprint density at radius 1 is 1.33 bits per heavy atom. The van der Waals surface area contributed by atoms with Gasteiger partial charge in [-0.1, -0.05) is 23.2 Å². The summed E-state index contributed by atoms with van der Waals surface area (Å²) in [6.07, 6.45) is 3.01. The van der Waals surface area contributed by atoms with Crippen molar-refractivity contribution in [2.45, 2.75) is 6.54 Å². The van der Waals surface area contributed by atoms with Crippen LogP contribution in [0.5, 0.6) is 0 Å². The van der Waals surface area contributed by atoms with E-state index in [1.54, 1.807) is 13.1 Å². The minimum absolute atomic E-state index is 0.260. The van der Waals surface area contributed by atoms with Crippen molar-refractivity contribution < 1.29 is 0 Å². The van der Waals surface area contributed by atoms with Gasteiger partial charge in [0.15, 0.2) is 5.52 Å². The van der Waals surface area contributed by atoms with E-state index in [0.717, 1.165) is 0 Å². The molecule has 0 spiro atoms. The van der Waals surface area contributed by atoms with Gasteiger partial charge in [0.1, 0.15) is 5.52 Å². The highest BCUT2D eigenvalue weighted by atomic mass is 35.5. The van der Waals surface area contributed by atoms with E-state index in [-0.39, 0.29) is 5.56 Å². The van der Waals surface area contributed by atoms with E-state index in [2.05, 4.69) is 25.4 Å². The van der Waals surface area contributed by atoms with Crippen LogP contribution in [0.3, 0.4) is 0 Å². The molecule has 108 valence electrons. The Kier molecular flexibility index (Phi) is 3.52. The number of H-pyrrole nitrogens is 1. The summed E-state index contributed by atoms with van der Waals surface area (Å²) in [6.45, 7) is 0.353. The Morgan fingerprint density at radius 2 is 2.14 bits per heavy atom. The van der Waals surface area contributed by atoms with Gasteiger partial charge >= 0.3 is 0 Å². The number of aryl methyl sites for hydroxylation is 1. The zero-order valence-electron chi connectivity index (χ0n) is 10.9. The smallest absolute Gasteiger partial charge is 0.278 e. The van der Waals surface area contributed by atoms with E-state index in [1.165, 1.54) is 17.1 Å². The second-order valence-electron chi connectivity index (χ2n) is 4.36. The monoisotopic (exact) mass is 324 g/mol. The summed E-state index contributed by atoms with van der Waals surface area (Å²) >= 11 is 11.7. The van der Waals surface area contributed by atoms with Crippen molar-refractivity contribution in [1.29, 1.82) is 0 Å². The highest BCUT2D eigenvalue weighted by Gasteiger charge is 2.08. The molecule has 0 aliphatic rings. The van der Waals surface area contributed by atoms with Crippen molar-refractivity contribution >= 4 is 40.2 Å². The number of aromatic nitrogens is 5. The van der Waals surface area contributed by atoms with Gasteiger partial charge in [-0.25, -0.2) is 4.98 Å². The molecule has 0 unspecified atom stereocenters. The Labute approximate surface area is 128 Å². The van der Waals surface area contributed by atoms with Crippen molar-refractivity contribution in [3.63, 3.8) is 0 Å². The molecule has 9 heteroatoms. The lowest BCUT2D eigenvalue weighted by Crippen LogP contribution is -2.15. The first-order chi connectivity index (χ1) is 10.0. The van der Waals surface area contributed by atoms with E-state index < -0.39 is 0 Å². The molecule has 0 saturated heterocycles. The van der Waals surface area contributed by atoms with E-state index >= 15 is 0 Å². The van der Waals surface area contributed by atoms with Crippen LogP contribution in [-0.4, -0.2) is 24.7 Å². The topological polar surface area (TPSA) is 88.5 Å². The summed E-state index contributed by atoms with van der Waals surface area (Å²) in [5.41, 5.74) is 1.36. The van der Waals surface area contributed by atoms with Crippen LogP contribution < -0.4 is 10.9 Å². The van der Waals surface area contributed by atoms with Gasteiger partial charge in [0.05, 0.1) is 28.5 Å². The van der Waals surface area contributed by atoms with Crippen LogP contribution in [0.1, 0.15) is 5.69 Å². The largest absolute Gasteiger partial charge is 0.350 e. The average molecular weight is 325 g/mol. The minimum Gasteiger partial charge on any atom is -0.350 e. The summed E-state index contributed by atoms with van der Waals surface area (Å²) in [4.78, 5) is 23.0. The number of pyridine rings is 1. The zero-order valence-corrected chi connectivity index (χ0v) is 12.4. The van der Waals surface area contributed by atoms with Gasteiger partial charge in [-0.15, -0.1) is 0 Å². The number of fused-ring (bicyclic) bond motifs is 1. The molecule has 3 heterocycles. The lowest BCUT2D eigenvalue weighted by Gasteiger charge is -2.06. The van der Waals surface area contributed by atoms with Crippen molar-refractivity contribution in [3.8, 4) is 0 Å². The van der Waals surface area contributed by atoms with Crippen LogP contribution in [0.2, 0.25) is 10.0 Å².